The number of carbonyl (C=O) groups is 3. The van der Waals surface area contributed by atoms with E-state index in [0.29, 0.717) is 19.3 Å². The normalized spacial score (nSPS) is 12.5. The Morgan fingerprint density at radius 2 is 0.649 bits per heavy atom. The Kier molecular flexibility index (Phi) is 43.5. The number of unbranched alkanes of at least 4 members (excludes halogenated alkanes) is 21. The molecule has 0 bridgehead atoms. The van der Waals surface area contributed by atoms with Gasteiger partial charge >= 0.3 is 17.9 Å². The fourth-order valence-corrected chi connectivity index (χ4v) is 6.35. The Bertz CT molecular complexity index is 1050. The molecule has 0 aromatic carbocycles. The first-order chi connectivity index (χ1) is 28.0. The zero-order valence-electron chi connectivity index (χ0n) is 37.3. The van der Waals surface area contributed by atoms with Gasteiger partial charge in [-0.25, -0.2) is 0 Å². The lowest BCUT2D eigenvalue weighted by Gasteiger charge is -2.18. The summed E-state index contributed by atoms with van der Waals surface area (Å²) in [5.74, 6) is -0.934. The van der Waals surface area contributed by atoms with Gasteiger partial charge in [-0.1, -0.05) is 184 Å². The SMILES string of the molecule is CCCC/C=C\CCCCCCCC(=O)O[C@@H](COC(=O)CCCCC/C=C\C/C=C\C/C=C\C/C=C\CCCCC)COC(=O)CCCCCCCCCCC. The van der Waals surface area contributed by atoms with Crippen LogP contribution in [0.1, 0.15) is 226 Å². The van der Waals surface area contributed by atoms with E-state index in [1.54, 1.807) is 0 Å². The highest BCUT2D eigenvalue weighted by Crippen LogP contribution is 2.13. The third kappa shape index (κ3) is 44.1. The van der Waals surface area contributed by atoms with Crippen molar-refractivity contribution in [3.05, 3.63) is 60.8 Å². The molecule has 0 saturated carbocycles. The van der Waals surface area contributed by atoms with Crippen LogP contribution in [0.3, 0.4) is 0 Å². The molecule has 6 heteroatoms. The number of esters is 3. The Balaban J connectivity index is 4.38. The first-order valence-electron chi connectivity index (χ1n) is 23.8. The van der Waals surface area contributed by atoms with Crippen LogP contribution in [0, 0.1) is 0 Å². The van der Waals surface area contributed by atoms with Crippen LogP contribution in [-0.2, 0) is 28.6 Å². The number of rotatable bonds is 42. The third-order valence-corrected chi connectivity index (χ3v) is 9.99. The maximum Gasteiger partial charge on any atom is 0.306 e. The molecule has 0 N–H and O–H groups in total. The van der Waals surface area contributed by atoms with Crippen LogP contribution in [0.15, 0.2) is 60.8 Å². The minimum Gasteiger partial charge on any atom is -0.462 e. The van der Waals surface area contributed by atoms with E-state index in [0.717, 1.165) is 96.3 Å². The molecule has 0 aliphatic rings. The van der Waals surface area contributed by atoms with Crippen LogP contribution < -0.4 is 0 Å². The molecule has 6 nitrogen and oxygen atoms in total. The number of allylic oxidation sites excluding steroid dienone is 10. The molecule has 0 spiro atoms. The molecular weight excluding hydrogens is 709 g/mol. The molecule has 0 rings (SSSR count). The average molecular weight is 797 g/mol. The third-order valence-electron chi connectivity index (χ3n) is 9.99. The predicted molar refractivity (Wildman–Crippen MR) is 242 cm³/mol. The van der Waals surface area contributed by atoms with Gasteiger partial charge in [0.2, 0.25) is 0 Å². The van der Waals surface area contributed by atoms with Gasteiger partial charge in [0.25, 0.3) is 0 Å². The molecule has 0 saturated heterocycles. The Morgan fingerprint density at radius 3 is 1.11 bits per heavy atom. The van der Waals surface area contributed by atoms with Gasteiger partial charge in [0.05, 0.1) is 0 Å². The number of hydrogen-bond acceptors (Lipinski definition) is 6. The molecule has 0 aliphatic heterocycles. The van der Waals surface area contributed by atoms with Crippen LogP contribution in [0.4, 0.5) is 0 Å². The van der Waals surface area contributed by atoms with Crippen molar-refractivity contribution < 1.29 is 28.6 Å². The van der Waals surface area contributed by atoms with E-state index in [2.05, 4.69) is 81.5 Å². The fourth-order valence-electron chi connectivity index (χ4n) is 6.35. The smallest absolute Gasteiger partial charge is 0.306 e. The second-order valence-corrected chi connectivity index (χ2v) is 15.7. The van der Waals surface area contributed by atoms with Gasteiger partial charge in [-0.3, -0.25) is 14.4 Å². The molecule has 0 heterocycles. The maximum absolute atomic E-state index is 12.7. The van der Waals surface area contributed by atoms with E-state index < -0.39 is 6.10 Å². The van der Waals surface area contributed by atoms with Gasteiger partial charge in [-0.15, -0.1) is 0 Å². The second kappa shape index (κ2) is 45.8. The summed E-state index contributed by atoms with van der Waals surface area (Å²) in [6, 6.07) is 0. The van der Waals surface area contributed by atoms with Crippen LogP contribution in [0.25, 0.3) is 0 Å². The van der Waals surface area contributed by atoms with Gasteiger partial charge in [-0.05, 0) is 83.5 Å². The summed E-state index contributed by atoms with van der Waals surface area (Å²) in [5.41, 5.74) is 0. The predicted octanol–water partition coefficient (Wildman–Crippen LogP) is 15.3. The Hall–Kier alpha value is -2.89. The van der Waals surface area contributed by atoms with Crippen molar-refractivity contribution in [2.24, 2.45) is 0 Å². The van der Waals surface area contributed by atoms with Crippen LogP contribution in [-0.4, -0.2) is 37.2 Å². The number of carbonyl (C=O) groups excluding carboxylic acids is 3. The quantitative estimate of drug-likeness (QED) is 0.0265. The van der Waals surface area contributed by atoms with Crippen LogP contribution in [0.2, 0.25) is 0 Å². The lowest BCUT2D eigenvalue weighted by Crippen LogP contribution is -2.30. The van der Waals surface area contributed by atoms with Crippen molar-refractivity contribution in [2.75, 3.05) is 13.2 Å². The van der Waals surface area contributed by atoms with Crippen LogP contribution >= 0.6 is 0 Å². The van der Waals surface area contributed by atoms with E-state index in [-0.39, 0.29) is 31.1 Å². The summed E-state index contributed by atoms with van der Waals surface area (Å²) in [4.78, 5) is 37.7. The van der Waals surface area contributed by atoms with Crippen molar-refractivity contribution >= 4 is 17.9 Å². The zero-order chi connectivity index (χ0) is 41.5. The van der Waals surface area contributed by atoms with Gasteiger partial charge in [-0.2, -0.15) is 0 Å². The molecule has 0 amide bonds. The van der Waals surface area contributed by atoms with Crippen molar-refractivity contribution in [3.8, 4) is 0 Å². The molecule has 57 heavy (non-hydrogen) atoms. The van der Waals surface area contributed by atoms with Gasteiger partial charge in [0, 0.05) is 19.3 Å². The van der Waals surface area contributed by atoms with Crippen molar-refractivity contribution in [2.45, 2.75) is 232 Å². The van der Waals surface area contributed by atoms with E-state index in [9.17, 15) is 14.4 Å². The molecular formula is C51H88O6. The average Bonchev–Trinajstić information content (AvgIpc) is 3.21. The highest BCUT2D eigenvalue weighted by Gasteiger charge is 2.19. The maximum atomic E-state index is 12.7. The highest BCUT2D eigenvalue weighted by atomic mass is 16.6. The standard InChI is InChI=1S/C51H88O6/c1-4-7-10-13-16-19-21-22-23-24-25-26-27-28-30-32-35-38-41-44-50(53)56-47-48(46-55-49(52)43-40-37-34-31-18-15-12-9-6-3)57-51(54)45-42-39-36-33-29-20-17-14-11-8-5-2/h14,16-17,19,22-23,25-26,28,30,48H,4-13,15,18,20-21,24,27,29,31-47H2,1-3H3/b17-14-,19-16-,23-22-,26-25-,30-28-/t48-/m1/s1. The van der Waals surface area contributed by atoms with Crippen molar-refractivity contribution in [1.82, 2.24) is 0 Å². The van der Waals surface area contributed by atoms with E-state index in [1.165, 1.54) is 89.9 Å². The zero-order valence-corrected chi connectivity index (χ0v) is 37.3. The molecule has 0 aromatic rings. The van der Waals surface area contributed by atoms with E-state index >= 15 is 0 Å². The summed E-state index contributed by atoms with van der Waals surface area (Å²) in [5, 5.41) is 0. The molecule has 0 aliphatic carbocycles. The summed E-state index contributed by atoms with van der Waals surface area (Å²) < 4.78 is 16.7. The van der Waals surface area contributed by atoms with Crippen molar-refractivity contribution in [1.29, 1.82) is 0 Å². The molecule has 1 atom stereocenters. The summed E-state index contributed by atoms with van der Waals surface area (Å²) in [6.45, 7) is 6.50. The molecule has 0 aromatic heterocycles. The van der Waals surface area contributed by atoms with Crippen molar-refractivity contribution in [3.63, 3.8) is 0 Å². The molecule has 0 fully saturated rings. The second-order valence-electron chi connectivity index (χ2n) is 15.7. The summed E-state index contributed by atoms with van der Waals surface area (Å²) in [7, 11) is 0. The fraction of sp³-hybridized carbons (Fsp3) is 0.745. The molecule has 328 valence electrons. The monoisotopic (exact) mass is 797 g/mol. The first kappa shape index (κ1) is 54.1. The summed E-state index contributed by atoms with van der Waals surface area (Å²) >= 11 is 0. The van der Waals surface area contributed by atoms with Crippen LogP contribution in [0.5, 0.6) is 0 Å². The minimum absolute atomic E-state index is 0.0872. The highest BCUT2D eigenvalue weighted by molar-refractivity contribution is 5.71. The first-order valence-corrected chi connectivity index (χ1v) is 23.8. The van der Waals surface area contributed by atoms with E-state index in [1.807, 2.05) is 0 Å². The van der Waals surface area contributed by atoms with Gasteiger partial charge in [0.15, 0.2) is 6.10 Å². The minimum atomic E-state index is -0.787. The van der Waals surface area contributed by atoms with Gasteiger partial charge in [0.1, 0.15) is 13.2 Å². The van der Waals surface area contributed by atoms with E-state index in [4.69, 9.17) is 14.2 Å². The Labute approximate surface area is 351 Å². The number of ether oxygens (including phenoxy) is 3. The summed E-state index contributed by atoms with van der Waals surface area (Å²) in [6.07, 6.45) is 54.9. The molecule has 0 radical (unpaired) electrons. The van der Waals surface area contributed by atoms with Gasteiger partial charge < -0.3 is 14.2 Å². The lowest BCUT2D eigenvalue weighted by molar-refractivity contribution is -0.167. The topological polar surface area (TPSA) is 78.9 Å². The molecule has 0 unspecified atom stereocenters. The number of hydrogen-bond donors (Lipinski definition) is 0. The lowest BCUT2D eigenvalue weighted by atomic mass is 10.1. The largest absolute Gasteiger partial charge is 0.462 e. The Morgan fingerprint density at radius 1 is 0.351 bits per heavy atom.